The highest BCUT2D eigenvalue weighted by Gasteiger charge is 2.18. The first kappa shape index (κ1) is 18.4. The van der Waals surface area contributed by atoms with E-state index in [4.69, 9.17) is 0 Å². The normalized spacial score (nSPS) is 17.6. The van der Waals surface area contributed by atoms with E-state index in [2.05, 4.69) is 44.5 Å². The maximum absolute atomic E-state index is 12.5. The number of amides is 1. The first-order valence-electron chi connectivity index (χ1n) is 9.75. The van der Waals surface area contributed by atoms with E-state index in [-0.39, 0.29) is 5.91 Å². The lowest BCUT2D eigenvalue weighted by Crippen LogP contribution is -2.46. The van der Waals surface area contributed by atoms with Crippen molar-refractivity contribution in [2.75, 3.05) is 44.2 Å². The molecule has 0 saturated carbocycles. The maximum atomic E-state index is 12.5. The molecule has 1 saturated heterocycles. The van der Waals surface area contributed by atoms with Crippen molar-refractivity contribution in [1.29, 1.82) is 0 Å². The molecule has 27 heavy (non-hydrogen) atoms. The van der Waals surface area contributed by atoms with Gasteiger partial charge in [0.15, 0.2) is 0 Å². The topological polar surface area (TPSA) is 60.5 Å². The van der Waals surface area contributed by atoms with E-state index < -0.39 is 0 Å². The van der Waals surface area contributed by atoms with Gasteiger partial charge in [-0.2, -0.15) is 0 Å². The molecule has 2 aliphatic rings. The summed E-state index contributed by atoms with van der Waals surface area (Å²) in [6, 6.07) is 6.14. The minimum atomic E-state index is 0.0179. The Morgan fingerprint density at radius 3 is 2.93 bits per heavy atom. The smallest absolute Gasteiger partial charge is 0.261 e. The number of hydrogen-bond donors (Lipinski definition) is 2. The molecule has 2 aromatic heterocycles. The molecule has 1 fully saturated rings. The van der Waals surface area contributed by atoms with Crippen LogP contribution in [0.25, 0.3) is 0 Å². The number of hydrogen-bond acceptors (Lipinski definition) is 6. The molecule has 0 radical (unpaired) electrons. The lowest BCUT2D eigenvalue weighted by Gasteiger charge is -2.34. The van der Waals surface area contributed by atoms with Gasteiger partial charge in [0.25, 0.3) is 5.91 Å². The van der Waals surface area contributed by atoms with Gasteiger partial charge in [-0.05, 0) is 48.8 Å². The fourth-order valence-corrected chi connectivity index (χ4v) is 4.77. The average molecular weight is 386 g/mol. The molecule has 2 aromatic rings. The SMILES string of the molecule is CCN1CCN(c2cc(CNC(=O)c3cc4c(s3)CNCC4)ccn2)CC1. The van der Waals surface area contributed by atoms with E-state index in [9.17, 15) is 4.79 Å². The molecule has 4 rings (SSSR count). The van der Waals surface area contributed by atoms with Crippen molar-refractivity contribution in [3.8, 4) is 0 Å². The van der Waals surface area contributed by atoms with Crippen LogP contribution in [0.5, 0.6) is 0 Å². The predicted molar refractivity (Wildman–Crippen MR) is 109 cm³/mol. The number of likely N-dealkylation sites (N-methyl/N-ethyl adjacent to an activating group) is 1. The van der Waals surface area contributed by atoms with E-state index in [1.807, 2.05) is 12.3 Å². The third kappa shape index (κ3) is 4.31. The molecule has 1 amide bonds. The molecular weight excluding hydrogens is 358 g/mol. The molecule has 0 bridgehead atoms. The van der Waals surface area contributed by atoms with E-state index >= 15 is 0 Å². The van der Waals surface area contributed by atoms with Gasteiger partial charge in [-0.15, -0.1) is 11.3 Å². The second-order valence-corrected chi connectivity index (χ2v) is 8.25. The van der Waals surface area contributed by atoms with Gasteiger partial charge in [-0.1, -0.05) is 6.92 Å². The Hall–Kier alpha value is -1.96. The van der Waals surface area contributed by atoms with Crippen molar-refractivity contribution >= 4 is 23.1 Å². The number of aromatic nitrogens is 1. The highest BCUT2D eigenvalue weighted by atomic mass is 32.1. The first-order chi connectivity index (χ1) is 13.2. The average Bonchev–Trinajstić information content (AvgIpc) is 3.17. The minimum Gasteiger partial charge on any atom is -0.354 e. The van der Waals surface area contributed by atoms with E-state index in [1.54, 1.807) is 11.3 Å². The van der Waals surface area contributed by atoms with Crippen LogP contribution in [0.3, 0.4) is 0 Å². The van der Waals surface area contributed by atoms with Crippen LogP contribution >= 0.6 is 11.3 Å². The molecule has 144 valence electrons. The minimum absolute atomic E-state index is 0.0179. The zero-order valence-electron chi connectivity index (χ0n) is 15.8. The Labute approximate surface area is 164 Å². The van der Waals surface area contributed by atoms with Crippen LogP contribution in [0, 0.1) is 0 Å². The van der Waals surface area contributed by atoms with Gasteiger partial charge in [0, 0.05) is 50.3 Å². The van der Waals surface area contributed by atoms with Crippen molar-refractivity contribution in [3.05, 3.63) is 45.3 Å². The van der Waals surface area contributed by atoms with Crippen LogP contribution in [0.2, 0.25) is 0 Å². The van der Waals surface area contributed by atoms with Crippen LogP contribution in [-0.2, 0) is 19.5 Å². The number of rotatable bonds is 5. The van der Waals surface area contributed by atoms with Crippen molar-refractivity contribution in [2.45, 2.75) is 26.4 Å². The molecule has 4 heterocycles. The Bertz CT molecular complexity index is 774. The van der Waals surface area contributed by atoms with Gasteiger partial charge in [0.2, 0.25) is 0 Å². The third-order valence-electron chi connectivity index (χ3n) is 5.38. The number of nitrogens with zero attached hydrogens (tertiary/aromatic N) is 3. The largest absolute Gasteiger partial charge is 0.354 e. The summed E-state index contributed by atoms with van der Waals surface area (Å²) in [7, 11) is 0. The molecule has 0 aromatic carbocycles. The summed E-state index contributed by atoms with van der Waals surface area (Å²) in [4.78, 5) is 24.0. The Morgan fingerprint density at radius 2 is 2.15 bits per heavy atom. The third-order valence-corrected chi connectivity index (χ3v) is 6.56. The molecule has 0 unspecified atom stereocenters. The van der Waals surface area contributed by atoms with E-state index in [0.29, 0.717) is 6.54 Å². The van der Waals surface area contributed by atoms with Crippen molar-refractivity contribution in [2.24, 2.45) is 0 Å². The summed E-state index contributed by atoms with van der Waals surface area (Å²) in [5.74, 6) is 1.03. The number of pyridine rings is 1. The number of piperazine rings is 1. The number of thiophene rings is 1. The molecule has 6 nitrogen and oxygen atoms in total. The van der Waals surface area contributed by atoms with E-state index in [1.165, 1.54) is 10.4 Å². The summed E-state index contributed by atoms with van der Waals surface area (Å²) < 4.78 is 0. The van der Waals surface area contributed by atoms with Crippen LogP contribution in [0.15, 0.2) is 24.4 Å². The second-order valence-electron chi connectivity index (χ2n) is 7.11. The van der Waals surface area contributed by atoms with Crippen molar-refractivity contribution in [1.82, 2.24) is 20.5 Å². The summed E-state index contributed by atoms with van der Waals surface area (Å²) in [5, 5.41) is 6.43. The van der Waals surface area contributed by atoms with Crippen LogP contribution in [0.1, 0.15) is 32.6 Å². The van der Waals surface area contributed by atoms with Gasteiger partial charge < -0.3 is 20.4 Å². The Kier molecular flexibility index (Phi) is 5.71. The summed E-state index contributed by atoms with van der Waals surface area (Å²) >= 11 is 1.61. The zero-order valence-corrected chi connectivity index (χ0v) is 16.6. The summed E-state index contributed by atoms with van der Waals surface area (Å²) in [6.07, 6.45) is 2.86. The molecule has 7 heteroatoms. The van der Waals surface area contributed by atoms with Crippen molar-refractivity contribution in [3.63, 3.8) is 0 Å². The Morgan fingerprint density at radius 1 is 1.30 bits per heavy atom. The van der Waals surface area contributed by atoms with Crippen LogP contribution in [-0.4, -0.2) is 55.1 Å². The number of carbonyl (C=O) groups excluding carboxylic acids is 1. The highest BCUT2D eigenvalue weighted by Crippen LogP contribution is 2.25. The van der Waals surface area contributed by atoms with Gasteiger partial charge in [-0.25, -0.2) is 4.98 Å². The standard InChI is InChI=1S/C20H27N5OS/c1-2-24-7-9-25(10-8-24)19-11-15(3-6-22-19)13-23-20(26)17-12-16-4-5-21-14-18(16)27-17/h3,6,11-12,21H,2,4-5,7-10,13-14H2,1H3,(H,23,26). The molecule has 2 N–H and O–H groups in total. The van der Waals surface area contributed by atoms with Gasteiger partial charge in [0.05, 0.1) is 4.88 Å². The second kappa shape index (κ2) is 8.37. The van der Waals surface area contributed by atoms with Crippen LogP contribution in [0.4, 0.5) is 5.82 Å². The molecule has 0 aliphatic carbocycles. The fourth-order valence-electron chi connectivity index (χ4n) is 3.67. The van der Waals surface area contributed by atoms with Gasteiger partial charge >= 0.3 is 0 Å². The molecule has 0 atom stereocenters. The highest BCUT2D eigenvalue weighted by molar-refractivity contribution is 7.14. The molecular formula is C20H27N5OS. The van der Waals surface area contributed by atoms with Crippen LogP contribution < -0.4 is 15.5 Å². The lowest BCUT2D eigenvalue weighted by atomic mass is 10.1. The Balaban J connectivity index is 1.36. The zero-order chi connectivity index (χ0) is 18.6. The first-order valence-corrected chi connectivity index (χ1v) is 10.6. The number of nitrogens with one attached hydrogen (secondary N) is 2. The maximum Gasteiger partial charge on any atom is 0.261 e. The summed E-state index contributed by atoms with van der Waals surface area (Å²) in [5.41, 5.74) is 2.41. The monoisotopic (exact) mass is 385 g/mol. The summed E-state index contributed by atoms with van der Waals surface area (Å²) in [6.45, 7) is 9.89. The number of fused-ring (bicyclic) bond motifs is 1. The molecule has 2 aliphatic heterocycles. The lowest BCUT2D eigenvalue weighted by molar-refractivity contribution is 0.0955. The van der Waals surface area contributed by atoms with Crippen molar-refractivity contribution < 1.29 is 4.79 Å². The quantitative estimate of drug-likeness (QED) is 0.823. The van der Waals surface area contributed by atoms with E-state index in [0.717, 1.165) is 68.5 Å². The van der Waals surface area contributed by atoms with Gasteiger partial charge in [-0.3, -0.25) is 4.79 Å². The number of carbonyl (C=O) groups is 1. The number of anilines is 1. The molecule has 0 spiro atoms. The predicted octanol–water partition coefficient (Wildman–Crippen LogP) is 1.86. The van der Waals surface area contributed by atoms with Gasteiger partial charge in [0.1, 0.15) is 5.82 Å². The fraction of sp³-hybridized carbons (Fsp3) is 0.500.